The van der Waals surface area contributed by atoms with Crippen LogP contribution in [-0.4, -0.2) is 11.0 Å². The number of aromatic nitrogens is 1. The van der Waals surface area contributed by atoms with Gasteiger partial charge in [0.1, 0.15) is 17.2 Å². The van der Waals surface area contributed by atoms with Crippen LogP contribution in [0.25, 0.3) is 10.2 Å². The fourth-order valence-corrected chi connectivity index (χ4v) is 2.64. The zero-order valence-electron chi connectivity index (χ0n) is 10.6. The third-order valence-corrected chi connectivity index (χ3v) is 3.63. The first-order valence-electron chi connectivity index (χ1n) is 6.00. The van der Waals surface area contributed by atoms with Gasteiger partial charge in [-0.25, -0.2) is 18.6 Å². The largest absolute Gasteiger partial charge is 0.325 e. The van der Waals surface area contributed by atoms with E-state index in [4.69, 9.17) is 0 Å². The maximum absolute atomic E-state index is 13.5. The Labute approximate surface area is 122 Å². The first kappa shape index (κ1) is 13.4. The molecule has 0 atom stereocenters. The molecule has 3 rings (SSSR count). The van der Waals surface area contributed by atoms with Gasteiger partial charge in [0.15, 0.2) is 5.13 Å². The first-order valence-corrected chi connectivity index (χ1v) is 6.82. The Bertz CT molecular complexity index is 802. The minimum atomic E-state index is -0.527. The van der Waals surface area contributed by atoms with Crippen molar-refractivity contribution in [2.45, 2.75) is 0 Å². The summed E-state index contributed by atoms with van der Waals surface area (Å²) in [6, 6.07) is 9.44. The zero-order valence-corrected chi connectivity index (χ0v) is 11.4. The Hall–Kier alpha value is -2.54. The summed E-state index contributed by atoms with van der Waals surface area (Å²) in [6.45, 7) is 0. The summed E-state index contributed by atoms with van der Waals surface area (Å²) in [5.41, 5.74) is 0.667. The standard InChI is InChI=1S/C14H9F2N3OS/c15-8-4-6-9(7-5-8)17-13(20)19-14-18-12-10(16)2-1-3-11(12)21-14/h1-7H,(H2,17,18,19,20). The van der Waals surface area contributed by atoms with Crippen molar-refractivity contribution in [3.63, 3.8) is 0 Å². The zero-order chi connectivity index (χ0) is 14.8. The number of urea groups is 1. The Morgan fingerprint density at radius 1 is 1.05 bits per heavy atom. The Balaban J connectivity index is 1.74. The highest BCUT2D eigenvalue weighted by Gasteiger charge is 2.10. The number of carbonyl (C=O) groups is 1. The van der Waals surface area contributed by atoms with Crippen LogP contribution in [0.15, 0.2) is 42.5 Å². The minimum absolute atomic E-state index is 0.222. The molecule has 1 aromatic heterocycles. The fourth-order valence-electron chi connectivity index (χ4n) is 1.76. The summed E-state index contributed by atoms with van der Waals surface area (Å²) in [7, 11) is 0. The van der Waals surface area contributed by atoms with E-state index in [0.29, 0.717) is 10.4 Å². The quantitative estimate of drug-likeness (QED) is 0.745. The molecule has 2 amide bonds. The Morgan fingerprint density at radius 2 is 1.81 bits per heavy atom. The summed E-state index contributed by atoms with van der Waals surface area (Å²) >= 11 is 1.17. The average molecular weight is 305 g/mol. The lowest BCUT2D eigenvalue weighted by Gasteiger charge is -2.04. The van der Waals surface area contributed by atoms with Gasteiger partial charge in [-0.05, 0) is 36.4 Å². The lowest BCUT2D eigenvalue weighted by molar-refractivity contribution is 0.262. The number of hydrogen-bond donors (Lipinski definition) is 2. The van der Waals surface area contributed by atoms with Crippen molar-refractivity contribution in [3.05, 3.63) is 54.1 Å². The van der Waals surface area contributed by atoms with Crippen molar-refractivity contribution in [2.75, 3.05) is 10.6 Å². The number of amides is 2. The number of hydrogen-bond acceptors (Lipinski definition) is 3. The average Bonchev–Trinajstić information content (AvgIpc) is 2.85. The maximum Gasteiger partial charge on any atom is 0.325 e. The second-order valence-corrected chi connectivity index (χ2v) is 5.22. The van der Waals surface area contributed by atoms with Gasteiger partial charge in [0.2, 0.25) is 0 Å². The number of nitrogens with zero attached hydrogens (tertiary/aromatic N) is 1. The van der Waals surface area contributed by atoms with Crippen LogP contribution >= 0.6 is 11.3 Å². The van der Waals surface area contributed by atoms with Gasteiger partial charge in [0, 0.05) is 5.69 Å². The molecule has 0 spiro atoms. The van der Waals surface area contributed by atoms with Crippen molar-refractivity contribution in [1.29, 1.82) is 0 Å². The van der Waals surface area contributed by atoms with Gasteiger partial charge in [-0.1, -0.05) is 17.4 Å². The highest BCUT2D eigenvalue weighted by molar-refractivity contribution is 7.22. The molecule has 0 unspecified atom stereocenters. The van der Waals surface area contributed by atoms with Crippen LogP contribution in [0.1, 0.15) is 0 Å². The number of carbonyl (C=O) groups excluding carboxylic acids is 1. The van der Waals surface area contributed by atoms with Crippen LogP contribution in [0.2, 0.25) is 0 Å². The molecular formula is C14H9F2N3OS. The lowest BCUT2D eigenvalue weighted by Crippen LogP contribution is -2.19. The molecule has 0 aliphatic carbocycles. The molecule has 0 saturated carbocycles. The monoisotopic (exact) mass is 305 g/mol. The minimum Gasteiger partial charge on any atom is -0.308 e. The van der Waals surface area contributed by atoms with Crippen molar-refractivity contribution in [3.8, 4) is 0 Å². The molecule has 106 valence electrons. The van der Waals surface area contributed by atoms with Crippen molar-refractivity contribution >= 4 is 38.4 Å². The molecule has 0 aliphatic rings. The number of fused-ring (bicyclic) bond motifs is 1. The van der Waals surface area contributed by atoms with E-state index >= 15 is 0 Å². The molecule has 0 radical (unpaired) electrons. The number of para-hydroxylation sites is 1. The van der Waals surface area contributed by atoms with Gasteiger partial charge in [-0.3, -0.25) is 5.32 Å². The smallest absolute Gasteiger partial charge is 0.308 e. The van der Waals surface area contributed by atoms with Crippen molar-refractivity contribution < 1.29 is 13.6 Å². The molecule has 0 saturated heterocycles. The topological polar surface area (TPSA) is 54.0 Å². The molecule has 3 aromatic rings. The van der Waals surface area contributed by atoms with Crippen LogP contribution in [-0.2, 0) is 0 Å². The summed E-state index contributed by atoms with van der Waals surface area (Å²) in [6.07, 6.45) is 0. The van der Waals surface area contributed by atoms with Crippen molar-refractivity contribution in [1.82, 2.24) is 4.98 Å². The van der Waals surface area contributed by atoms with Crippen molar-refractivity contribution in [2.24, 2.45) is 0 Å². The van der Waals surface area contributed by atoms with Gasteiger partial charge in [0.05, 0.1) is 4.70 Å². The van der Waals surface area contributed by atoms with E-state index in [9.17, 15) is 13.6 Å². The van der Waals surface area contributed by atoms with Crippen LogP contribution in [0, 0.1) is 11.6 Å². The number of rotatable bonds is 2. The molecule has 4 nitrogen and oxygen atoms in total. The number of halogens is 2. The third-order valence-electron chi connectivity index (χ3n) is 2.69. The van der Waals surface area contributed by atoms with Gasteiger partial charge in [0.25, 0.3) is 0 Å². The van der Waals surface area contributed by atoms with Gasteiger partial charge in [-0.15, -0.1) is 0 Å². The molecule has 0 fully saturated rings. The number of nitrogens with one attached hydrogen (secondary N) is 2. The molecule has 1 heterocycles. The molecule has 2 N–H and O–H groups in total. The molecule has 2 aromatic carbocycles. The molecule has 0 aliphatic heterocycles. The van der Waals surface area contributed by atoms with Gasteiger partial charge in [-0.2, -0.15) is 0 Å². The Kier molecular flexibility index (Phi) is 3.49. The molecular weight excluding hydrogens is 296 g/mol. The van der Waals surface area contributed by atoms with Crippen LogP contribution in [0.5, 0.6) is 0 Å². The molecule has 0 bridgehead atoms. The van der Waals surface area contributed by atoms with E-state index in [1.165, 1.54) is 41.7 Å². The third kappa shape index (κ3) is 2.97. The summed E-state index contributed by atoms with van der Waals surface area (Å²) in [4.78, 5) is 15.8. The number of benzene rings is 2. The first-order chi connectivity index (χ1) is 10.1. The maximum atomic E-state index is 13.5. The lowest BCUT2D eigenvalue weighted by atomic mass is 10.3. The van der Waals surface area contributed by atoms with E-state index in [2.05, 4.69) is 15.6 Å². The highest BCUT2D eigenvalue weighted by Crippen LogP contribution is 2.27. The van der Waals surface area contributed by atoms with E-state index in [0.717, 1.165) is 0 Å². The summed E-state index contributed by atoms with van der Waals surface area (Å²) in [5.74, 6) is -0.821. The van der Waals surface area contributed by atoms with Crippen LogP contribution in [0.3, 0.4) is 0 Å². The van der Waals surface area contributed by atoms with E-state index < -0.39 is 11.8 Å². The van der Waals surface area contributed by atoms with Gasteiger partial charge < -0.3 is 5.32 Å². The second kappa shape index (κ2) is 5.45. The summed E-state index contributed by atoms with van der Waals surface area (Å²) < 4.78 is 26.9. The number of thiazole rings is 1. The van der Waals surface area contributed by atoms with Crippen LogP contribution < -0.4 is 10.6 Å². The second-order valence-electron chi connectivity index (χ2n) is 4.19. The molecule has 21 heavy (non-hydrogen) atoms. The Morgan fingerprint density at radius 3 is 2.52 bits per heavy atom. The highest BCUT2D eigenvalue weighted by atomic mass is 32.1. The molecule has 7 heteroatoms. The SMILES string of the molecule is O=C(Nc1ccc(F)cc1)Nc1nc2c(F)cccc2s1. The fraction of sp³-hybridized carbons (Fsp3) is 0. The predicted octanol–water partition coefficient (Wildman–Crippen LogP) is 4.22. The summed E-state index contributed by atoms with van der Waals surface area (Å²) in [5, 5.41) is 5.34. The predicted molar refractivity (Wildman–Crippen MR) is 78.6 cm³/mol. The van der Waals surface area contributed by atoms with E-state index in [1.807, 2.05) is 0 Å². The van der Waals surface area contributed by atoms with Crippen LogP contribution in [0.4, 0.5) is 24.4 Å². The van der Waals surface area contributed by atoms with E-state index in [1.54, 1.807) is 12.1 Å². The number of anilines is 2. The van der Waals surface area contributed by atoms with E-state index in [-0.39, 0.29) is 16.5 Å². The van der Waals surface area contributed by atoms with Gasteiger partial charge >= 0.3 is 6.03 Å². The normalized spacial score (nSPS) is 10.6.